The predicted octanol–water partition coefficient (Wildman–Crippen LogP) is 1.71. The van der Waals surface area contributed by atoms with Crippen LogP contribution in [0.5, 0.6) is 0 Å². The summed E-state index contributed by atoms with van der Waals surface area (Å²) >= 11 is 12.8. The first-order valence-corrected chi connectivity index (χ1v) is 7.51. The summed E-state index contributed by atoms with van der Waals surface area (Å²) < 4.78 is 10.6. The molecule has 2 saturated heterocycles. The maximum Gasteiger partial charge on any atom is 0.0639 e. The lowest BCUT2D eigenvalue weighted by Gasteiger charge is -2.32. The van der Waals surface area contributed by atoms with E-state index in [1.807, 2.05) is 0 Å². The Morgan fingerprint density at radius 3 is 1.30 bits per heavy atom. The lowest BCUT2D eigenvalue weighted by Crippen LogP contribution is -2.46. The lowest BCUT2D eigenvalue weighted by atomic mass is 10.2. The first-order valence-electron chi connectivity index (χ1n) is 6.64. The molecule has 2 rings (SSSR count). The van der Waals surface area contributed by atoms with Crippen molar-refractivity contribution < 1.29 is 9.47 Å². The Labute approximate surface area is 143 Å². The molecule has 0 bridgehead atoms. The molecule has 20 heavy (non-hydrogen) atoms. The van der Waals surface area contributed by atoms with Gasteiger partial charge in [-0.25, -0.2) is 0 Å². The van der Waals surface area contributed by atoms with Crippen LogP contribution in [0, 0.1) is 0 Å². The Morgan fingerprint density at radius 2 is 1.00 bits per heavy atom. The van der Waals surface area contributed by atoms with E-state index in [1.54, 1.807) is 0 Å². The Balaban J connectivity index is 0.00000180. The van der Waals surface area contributed by atoms with Crippen LogP contribution in [0.4, 0.5) is 0 Å². The van der Waals surface area contributed by atoms with Crippen LogP contribution < -0.4 is 0 Å². The van der Waals surface area contributed by atoms with Crippen molar-refractivity contribution in [1.82, 2.24) is 9.80 Å². The molecule has 2 aliphatic rings. The first-order chi connectivity index (χ1) is 8.75. The fraction of sp³-hybridized carbons (Fsp3) is 1.00. The summed E-state index contributed by atoms with van der Waals surface area (Å²) in [6.45, 7) is 8.77. The van der Waals surface area contributed by atoms with Gasteiger partial charge in [-0.2, -0.15) is 0 Å². The number of nitrogens with zero attached hydrogens (tertiary/aromatic N) is 2. The summed E-state index contributed by atoms with van der Waals surface area (Å²) in [5.74, 6) is 0. The lowest BCUT2D eigenvalue weighted by molar-refractivity contribution is 0.0317. The monoisotopic (exact) mass is 368 g/mol. The quantitative estimate of drug-likeness (QED) is 0.689. The van der Waals surface area contributed by atoms with Crippen molar-refractivity contribution in [2.24, 2.45) is 0 Å². The van der Waals surface area contributed by atoms with Crippen LogP contribution in [-0.2, 0) is 9.47 Å². The van der Waals surface area contributed by atoms with E-state index in [0.717, 1.165) is 65.7 Å². The Hall–Kier alpha value is 1.000. The molecule has 2 unspecified atom stereocenters. The van der Waals surface area contributed by atoms with Gasteiger partial charge in [0.2, 0.25) is 0 Å². The third-order valence-corrected chi connectivity index (χ3v) is 4.48. The smallest absolute Gasteiger partial charge is 0.0639 e. The van der Waals surface area contributed by atoms with Gasteiger partial charge in [-0.3, -0.25) is 9.80 Å². The van der Waals surface area contributed by atoms with E-state index < -0.39 is 0 Å². The van der Waals surface area contributed by atoms with E-state index >= 15 is 0 Å². The maximum absolute atomic E-state index is 6.41. The minimum Gasteiger partial charge on any atom is -0.379 e. The summed E-state index contributed by atoms with van der Waals surface area (Å²) in [6, 6.07) is 0. The molecule has 2 fully saturated rings. The number of morpholine rings is 2. The van der Waals surface area contributed by atoms with Gasteiger partial charge in [-0.1, -0.05) is 0 Å². The number of rotatable bonds is 5. The fourth-order valence-electron chi connectivity index (χ4n) is 2.29. The molecule has 0 N–H and O–H groups in total. The zero-order chi connectivity index (χ0) is 12.8. The molecule has 122 valence electrons. The van der Waals surface area contributed by atoms with Gasteiger partial charge in [-0.15, -0.1) is 48.0 Å². The average molecular weight is 370 g/mol. The van der Waals surface area contributed by atoms with Crippen LogP contribution in [0.25, 0.3) is 0 Å². The second kappa shape index (κ2) is 11.6. The van der Waals surface area contributed by atoms with E-state index in [9.17, 15) is 0 Å². The van der Waals surface area contributed by atoms with Crippen LogP contribution >= 0.6 is 48.0 Å². The van der Waals surface area contributed by atoms with Gasteiger partial charge in [-0.05, 0) is 0 Å². The second-order valence-electron chi connectivity index (χ2n) is 4.86. The zero-order valence-corrected chi connectivity index (χ0v) is 14.7. The Bertz CT molecular complexity index is 215. The molecule has 2 atom stereocenters. The number of hydrogen-bond donors (Lipinski definition) is 0. The molecule has 2 aliphatic heterocycles. The van der Waals surface area contributed by atoms with E-state index in [0.29, 0.717) is 0 Å². The molecule has 0 aromatic rings. The number of halogens is 4. The van der Waals surface area contributed by atoms with E-state index in [-0.39, 0.29) is 35.6 Å². The number of hydrogen-bond acceptors (Lipinski definition) is 4. The van der Waals surface area contributed by atoms with Crippen molar-refractivity contribution in [3.8, 4) is 0 Å². The first kappa shape index (κ1) is 21.0. The van der Waals surface area contributed by atoms with Crippen molar-refractivity contribution in [2.75, 3.05) is 65.7 Å². The summed E-state index contributed by atoms with van der Waals surface area (Å²) in [7, 11) is 0. The standard InChI is InChI=1S/C12H22Cl2N2O2.2ClH/c13-11(9-15-1-5-17-6-2-15)12(14)10-16-3-7-18-8-4-16;;/h11-12H,1-10H2;2*1H. The highest BCUT2D eigenvalue weighted by atomic mass is 35.5. The topological polar surface area (TPSA) is 24.9 Å². The van der Waals surface area contributed by atoms with Gasteiger partial charge >= 0.3 is 0 Å². The zero-order valence-electron chi connectivity index (χ0n) is 11.5. The Morgan fingerprint density at radius 1 is 0.700 bits per heavy atom. The minimum atomic E-state index is -0.00684. The van der Waals surface area contributed by atoms with Gasteiger partial charge in [0, 0.05) is 39.3 Å². The molecule has 0 saturated carbocycles. The van der Waals surface area contributed by atoms with Crippen molar-refractivity contribution in [3.63, 3.8) is 0 Å². The third-order valence-electron chi connectivity index (χ3n) is 3.47. The van der Waals surface area contributed by atoms with E-state index in [2.05, 4.69) is 9.80 Å². The van der Waals surface area contributed by atoms with Crippen molar-refractivity contribution in [1.29, 1.82) is 0 Å². The van der Waals surface area contributed by atoms with Crippen LogP contribution in [0.1, 0.15) is 0 Å². The van der Waals surface area contributed by atoms with Gasteiger partial charge in [0.1, 0.15) is 0 Å². The molecular formula is C12H24Cl4N2O2. The van der Waals surface area contributed by atoms with Gasteiger partial charge < -0.3 is 9.47 Å². The minimum absolute atomic E-state index is 0. The molecule has 0 aromatic heterocycles. The Kier molecular flexibility index (Phi) is 12.1. The predicted molar refractivity (Wildman–Crippen MR) is 88.3 cm³/mol. The van der Waals surface area contributed by atoms with E-state index in [4.69, 9.17) is 32.7 Å². The molecule has 0 amide bonds. The molecule has 0 aliphatic carbocycles. The van der Waals surface area contributed by atoms with Crippen LogP contribution in [0.15, 0.2) is 0 Å². The SMILES string of the molecule is Cl.Cl.ClC(CN1CCOCC1)C(Cl)CN1CCOCC1. The number of alkyl halides is 2. The second-order valence-corrected chi connectivity index (χ2v) is 5.98. The largest absolute Gasteiger partial charge is 0.379 e. The highest BCUT2D eigenvalue weighted by Gasteiger charge is 2.24. The summed E-state index contributed by atoms with van der Waals surface area (Å²) in [6.07, 6.45) is 0. The van der Waals surface area contributed by atoms with E-state index in [1.165, 1.54) is 0 Å². The maximum atomic E-state index is 6.41. The summed E-state index contributed by atoms with van der Waals surface area (Å²) in [5.41, 5.74) is 0. The molecule has 0 spiro atoms. The van der Waals surface area contributed by atoms with Crippen LogP contribution in [-0.4, -0.2) is 86.3 Å². The average Bonchev–Trinajstić information content (AvgIpc) is 2.41. The highest BCUT2D eigenvalue weighted by molar-refractivity contribution is 6.30. The van der Waals surface area contributed by atoms with Crippen molar-refractivity contribution in [3.05, 3.63) is 0 Å². The fourth-order valence-corrected chi connectivity index (χ4v) is 2.84. The van der Waals surface area contributed by atoms with Gasteiger partial charge in [0.05, 0.1) is 37.2 Å². The molecule has 0 radical (unpaired) electrons. The normalized spacial score (nSPS) is 24.3. The van der Waals surface area contributed by atoms with Crippen LogP contribution in [0.3, 0.4) is 0 Å². The molecule has 8 heteroatoms. The third kappa shape index (κ3) is 7.32. The molecule has 0 aromatic carbocycles. The summed E-state index contributed by atoms with van der Waals surface area (Å²) in [5, 5.41) is -0.0137. The van der Waals surface area contributed by atoms with Crippen LogP contribution in [0.2, 0.25) is 0 Å². The molecule has 4 nitrogen and oxygen atoms in total. The number of ether oxygens (including phenoxy) is 2. The van der Waals surface area contributed by atoms with Crippen molar-refractivity contribution in [2.45, 2.75) is 10.8 Å². The molecule has 2 heterocycles. The van der Waals surface area contributed by atoms with Crippen molar-refractivity contribution >= 4 is 48.0 Å². The molecular weight excluding hydrogens is 346 g/mol. The van der Waals surface area contributed by atoms with Gasteiger partial charge in [0.25, 0.3) is 0 Å². The highest BCUT2D eigenvalue weighted by Crippen LogP contribution is 2.15. The van der Waals surface area contributed by atoms with Gasteiger partial charge in [0.15, 0.2) is 0 Å². The summed E-state index contributed by atoms with van der Waals surface area (Å²) in [4.78, 5) is 4.66.